The van der Waals surface area contributed by atoms with Crippen LogP contribution in [0.2, 0.25) is 0 Å². The molecule has 5 nitrogen and oxygen atoms in total. The van der Waals surface area contributed by atoms with E-state index in [2.05, 4.69) is 0 Å². The van der Waals surface area contributed by atoms with Gasteiger partial charge in [0.05, 0.1) is 10.6 Å². The van der Waals surface area contributed by atoms with E-state index in [1.165, 1.54) is 16.4 Å². The third-order valence-corrected chi connectivity index (χ3v) is 5.19. The van der Waals surface area contributed by atoms with Gasteiger partial charge in [-0.3, -0.25) is 4.31 Å². The molecule has 2 N–H and O–H groups in total. The molecule has 0 saturated heterocycles. The molecule has 0 unspecified atom stereocenters. The lowest BCUT2D eigenvalue weighted by molar-refractivity contribution is 0.402. The van der Waals surface area contributed by atoms with Gasteiger partial charge in [0.25, 0.3) is 10.0 Å². The van der Waals surface area contributed by atoms with E-state index in [9.17, 15) is 18.6 Å². The maximum absolute atomic E-state index is 12.6. The van der Waals surface area contributed by atoms with Gasteiger partial charge in [0, 0.05) is 12.6 Å². The van der Waals surface area contributed by atoms with Crippen LogP contribution < -0.4 is 4.31 Å². The average molecular weight is 291 g/mol. The van der Waals surface area contributed by atoms with E-state index in [4.69, 9.17) is 0 Å². The van der Waals surface area contributed by atoms with Gasteiger partial charge in [0.2, 0.25) is 0 Å². The topological polar surface area (TPSA) is 77.8 Å². The summed E-state index contributed by atoms with van der Waals surface area (Å²) < 4.78 is 26.5. The fourth-order valence-corrected chi connectivity index (χ4v) is 3.87. The number of para-hydroxylation sites is 1. The molecule has 1 aliphatic heterocycles. The fraction of sp³-hybridized carbons (Fsp3) is 0.143. The molecule has 0 amide bonds. The van der Waals surface area contributed by atoms with Crippen LogP contribution in [0.4, 0.5) is 5.69 Å². The zero-order valence-electron chi connectivity index (χ0n) is 10.5. The van der Waals surface area contributed by atoms with E-state index in [1.807, 2.05) is 12.1 Å². The smallest absolute Gasteiger partial charge is 0.264 e. The number of benzene rings is 2. The molecule has 20 heavy (non-hydrogen) atoms. The standard InChI is InChI=1S/C14H13NO4S/c16-13-6-5-11(9-14(13)17)20(18,19)15-8-7-10-3-1-2-4-12(10)15/h1-6,9,16-17H,7-8H2. The van der Waals surface area contributed by atoms with Crippen LogP contribution in [-0.4, -0.2) is 25.2 Å². The average Bonchev–Trinajstić information content (AvgIpc) is 2.86. The predicted molar refractivity (Wildman–Crippen MR) is 74.4 cm³/mol. The molecule has 2 aromatic carbocycles. The van der Waals surface area contributed by atoms with E-state index in [0.29, 0.717) is 18.7 Å². The summed E-state index contributed by atoms with van der Waals surface area (Å²) >= 11 is 0. The Balaban J connectivity index is 2.07. The Morgan fingerprint density at radius 3 is 2.50 bits per heavy atom. The molecule has 0 bridgehead atoms. The van der Waals surface area contributed by atoms with Gasteiger partial charge in [-0.2, -0.15) is 0 Å². The van der Waals surface area contributed by atoms with Crippen LogP contribution in [0.25, 0.3) is 0 Å². The minimum absolute atomic E-state index is 0.0375. The van der Waals surface area contributed by atoms with Crippen LogP contribution in [0, 0.1) is 0 Å². The van der Waals surface area contributed by atoms with Crippen molar-refractivity contribution in [3.63, 3.8) is 0 Å². The summed E-state index contributed by atoms with van der Waals surface area (Å²) in [6.07, 6.45) is 0.666. The Bertz CT molecular complexity index is 770. The van der Waals surface area contributed by atoms with Crippen molar-refractivity contribution < 1.29 is 18.6 Å². The van der Waals surface area contributed by atoms with E-state index < -0.39 is 15.8 Å². The van der Waals surface area contributed by atoms with Crippen LogP contribution in [0.15, 0.2) is 47.4 Å². The van der Waals surface area contributed by atoms with Gasteiger partial charge in [-0.1, -0.05) is 18.2 Å². The maximum atomic E-state index is 12.6. The zero-order valence-corrected chi connectivity index (χ0v) is 11.3. The van der Waals surface area contributed by atoms with Crippen molar-refractivity contribution in [3.05, 3.63) is 48.0 Å². The normalized spacial score (nSPS) is 14.3. The van der Waals surface area contributed by atoms with E-state index in [-0.39, 0.29) is 10.6 Å². The van der Waals surface area contributed by atoms with Crippen LogP contribution in [0.1, 0.15) is 5.56 Å². The van der Waals surface area contributed by atoms with Gasteiger partial charge < -0.3 is 10.2 Å². The van der Waals surface area contributed by atoms with Crippen LogP contribution in [0.5, 0.6) is 11.5 Å². The number of nitrogens with zero attached hydrogens (tertiary/aromatic N) is 1. The maximum Gasteiger partial charge on any atom is 0.264 e. The summed E-state index contributed by atoms with van der Waals surface area (Å²) in [5.41, 5.74) is 1.65. The molecule has 0 fully saturated rings. The molecular weight excluding hydrogens is 278 g/mol. The van der Waals surface area contributed by atoms with Gasteiger partial charge >= 0.3 is 0 Å². The molecule has 104 valence electrons. The zero-order chi connectivity index (χ0) is 14.3. The highest BCUT2D eigenvalue weighted by molar-refractivity contribution is 7.92. The third kappa shape index (κ3) is 1.89. The molecule has 0 saturated carbocycles. The molecule has 1 aliphatic rings. The number of fused-ring (bicyclic) bond motifs is 1. The lowest BCUT2D eigenvalue weighted by Crippen LogP contribution is -2.29. The van der Waals surface area contributed by atoms with Crippen molar-refractivity contribution in [2.75, 3.05) is 10.8 Å². The summed E-state index contributed by atoms with van der Waals surface area (Å²) in [5.74, 6) is -0.788. The molecule has 2 aromatic rings. The van der Waals surface area contributed by atoms with Crippen LogP contribution in [-0.2, 0) is 16.4 Å². The number of phenols is 2. The second-order valence-electron chi connectivity index (χ2n) is 4.61. The van der Waals surface area contributed by atoms with Gasteiger partial charge in [-0.05, 0) is 30.2 Å². The van der Waals surface area contributed by atoms with Crippen molar-refractivity contribution in [3.8, 4) is 11.5 Å². The monoisotopic (exact) mass is 291 g/mol. The van der Waals surface area contributed by atoms with Crippen molar-refractivity contribution in [2.24, 2.45) is 0 Å². The highest BCUT2D eigenvalue weighted by Gasteiger charge is 2.30. The fourth-order valence-electron chi connectivity index (χ4n) is 2.35. The second kappa shape index (κ2) is 4.42. The number of rotatable bonds is 2. The first-order chi connectivity index (χ1) is 9.50. The highest BCUT2D eigenvalue weighted by atomic mass is 32.2. The summed E-state index contributed by atoms with van der Waals surface area (Å²) in [6, 6.07) is 10.8. The lowest BCUT2D eigenvalue weighted by atomic mass is 10.2. The van der Waals surface area contributed by atoms with Crippen LogP contribution in [0.3, 0.4) is 0 Å². The lowest BCUT2D eigenvalue weighted by Gasteiger charge is -2.19. The largest absolute Gasteiger partial charge is 0.504 e. The molecule has 0 aromatic heterocycles. The first kappa shape index (κ1) is 12.8. The van der Waals surface area contributed by atoms with Crippen molar-refractivity contribution in [1.29, 1.82) is 0 Å². The molecular formula is C14H13NO4S. The van der Waals surface area contributed by atoms with Gasteiger partial charge in [0.15, 0.2) is 11.5 Å². The summed E-state index contributed by atoms with van der Waals surface area (Å²) in [4.78, 5) is -0.0375. The second-order valence-corrected chi connectivity index (χ2v) is 6.47. The van der Waals surface area contributed by atoms with E-state index in [0.717, 1.165) is 11.6 Å². The van der Waals surface area contributed by atoms with Gasteiger partial charge in [-0.25, -0.2) is 8.42 Å². The Morgan fingerprint density at radius 1 is 1.00 bits per heavy atom. The number of sulfonamides is 1. The predicted octanol–water partition coefficient (Wildman–Crippen LogP) is 1.85. The summed E-state index contributed by atoms with van der Waals surface area (Å²) in [6.45, 7) is 0.378. The quantitative estimate of drug-likeness (QED) is 0.828. The number of hydrogen-bond donors (Lipinski definition) is 2. The molecule has 0 spiro atoms. The number of anilines is 1. The molecule has 1 heterocycles. The Hall–Kier alpha value is -2.21. The van der Waals surface area contributed by atoms with Gasteiger partial charge in [-0.15, -0.1) is 0 Å². The van der Waals surface area contributed by atoms with E-state index >= 15 is 0 Å². The Morgan fingerprint density at radius 2 is 1.75 bits per heavy atom. The molecule has 6 heteroatoms. The molecule has 3 rings (SSSR count). The van der Waals surface area contributed by atoms with Gasteiger partial charge in [0.1, 0.15) is 0 Å². The number of aromatic hydroxyl groups is 2. The Kier molecular flexibility index (Phi) is 2.83. The first-order valence-corrected chi connectivity index (χ1v) is 7.57. The highest BCUT2D eigenvalue weighted by Crippen LogP contribution is 2.34. The molecule has 0 radical (unpaired) electrons. The molecule has 0 aliphatic carbocycles. The number of hydrogen-bond acceptors (Lipinski definition) is 4. The summed E-state index contributed by atoms with van der Waals surface area (Å²) in [5, 5.41) is 18.7. The summed E-state index contributed by atoms with van der Waals surface area (Å²) in [7, 11) is -3.73. The van der Waals surface area contributed by atoms with Crippen molar-refractivity contribution in [2.45, 2.75) is 11.3 Å². The SMILES string of the molecule is O=S(=O)(c1ccc(O)c(O)c1)N1CCc2ccccc21. The van der Waals surface area contributed by atoms with Crippen LogP contribution >= 0.6 is 0 Å². The third-order valence-electron chi connectivity index (χ3n) is 3.38. The van der Waals surface area contributed by atoms with Crippen molar-refractivity contribution >= 4 is 15.7 Å². The molecule has 0 atom stereocenters. The van der Waals surface area contributed by atoms with Crippen molar-refractivity contribution in [1.82, 2.24) is 0 Å². The van der Waals surface area contributed by atoms with E-state index in [1.54, 1.807) is 12.1 Å². The number of phenolic OH excluding ortho intramolecular Hbond substituents is 2. The Labute approximate surface area is 116 Å². The minimum Gasteiger partial charge on any atom is -0.504 e. The minimum atomic E-state index is -3.73. The first-order valence-electron chi connectivity index (χ1n) is 6.13.